The Kier molecular flexibility index (Phi) is 11.2. The van der Waals surface area contributed by atoms with Crippen LogP contribution in [0.1, 0.15) is 19.8 Å². The second-order valence-electron chi connectivity index (χ2n) is 8.50. The Morgan fingerprint density at radius 3 is 1.70 bits per heavy atom. The van der Waals surface area contributed by atoms with Crippen LogP contribution in [0.2, 0.25) is 0 Å². The van der Waals surface area contributed by atoms with Crippen molar-refractivity contribution in [2.45, 2.75) is 35.6 Å². The Labute approximate surface area is 230 Å². The molecule has 1 atom stereocenters. The second kappa shape index (κ2) is 13.4. The minimum atomic E-state index is -3.55. The number of nitrogens with zero attached hydrogens (tertiary/aromatic N) is 2. The average Bonchev–Trinajstić information content (AvgIpc) is 2.83. The molecule has 0 aliphatic carbocycles. The van der Waals surface area contributed by atoms with Gasteiger partial charge in [-0.1, -0.05) is 19.1 Å². The van der Waals surface area contributed by atoms with E-state index in [0.717, 1.165) is 15.0 Å². The van der Waals surface area contributed by atoms with Gasteiger partial charge in [0, 0.05) is 52.2 Å². The highest BCUT2D eigenvalue weighted by molar-refractivity contribution is 7.89. The fraction of sp³-hybridized carbons (Fsp3) is 0.391. The zero-order chi connectivity index (χ0) is 27.8. The fourth-order valence-corrected chi connectivity index (χ4v) is 5.56. The molecule has 0 saturated heterocycles. The van der Waals surface area contributed by atoms with Crippen LogP contribution in [0.4, 0.5) is 11.4 Å². The summed E-state index contributed by atoms with van der Waals surface area (Å²) < 4.78 is 51.7. The summed E-state index contributed by atoms with van der Waals surface area (Å²) in [5.41, 5.74) is 1.13. The largest absolute Gasteiger partial charge is 0.362 e. The van der Waals surface area contributed by atoms with Gasteiger partial charge in [0.2, 0.25) is 20.0 Å². The lowest BCUT2D eigenvalue weighted by atomic mass is 10.1. The lowest BCUT2D eigenvalue weighted by Crippen LogP contribution is -2.40. The van der Waals surface area contributed by atoms with E-state index in [1.54, 1.807) is 24.3 Å². The number of nitrogens with one attached hydrogen (secondary N) is 4. The van der Waals surface area contributed by atoms with Gasteiger partial charge in [0.05, 0.1) is 9.79 Å². The van der Waals surface area contributed by atoms with Crippen molar-refractivity contribution in [1.82, 2.24) is 19.2 Å². The van der Waals surface area contributed by atoms with Crippen molar-refractivity contribution in [3.05, 3.63) is 48.5 Å². The Bertz CT molecular complexity index is 1310. The Morgan fingerprint density at radius 1 is 0.811 bits per heavy atom. The molecule has 0 fully saturated rings. The SMILES string of the molecule is CC[C@@H](CCNC(=S)Nc1cccc(S(=O)(=O)N(C)C)c1)NC(=S)Nc1cccc(S(=O)(=O)N(C)C)c1. The van der Waals surface area contributed by atoms with Crippen molar-refractivity contribution < 1.29 is 16.8 Å². The van der Waals surface area contributed by atoms with Gasteiger partial charge in [0.25, 0.3) is 0 Å². The molecule has 0 aliphatic rings. The predicted octanol–water partition coefficient (Wildman–Crippen LogP) is 2.63. The van der Waals surface area contributed by atoms with Gasteiger partial charge in [-0.05, 0) is 73.7 Å². The monoisotopic (exact) mass is 586 g/mol. The van der Waals surface area contributed by atoms with Crippen LogP contribution in [0.15, 0.2) is 58.3 Å². The quantitative estimate of drug-likeness (QED) is 0.292. The number of hydrogen-bond donors (Lipinski definition) is 4. The molecule has 2 aromatic carbocycles. The Morgan fingerprint density at radius 2 is 1.27 bits per heavy atom. The first-order valence-corrected chi connectivity index (χ1v) is 15.1. The molecule has 14 heteroatoms. The molecule has 204 valence electrons. The predicted molar refractivity (Wildman–Crippen MR) is 157 cm³/mol. The van der Waals surface area contributed by atoms with E-state index in [4.69, 9.17) is 24.4 Å². The summed E-state index contributed by atoms with van der Waals surface area (Å²) >= 11 is 10.8. The first-order chi connectivity index (χ1) is 17.3. The standard InChI is InChI=1S/C23H34N6O4S4/c1-6-17(25-23(35)27-19-10-8-12-21(16-19)37(32,33)29(4)5)13-14-24-22(34)26-18-9-7-11-20(15-18)36(30,31)28(2)3/h7-12,15-17H,6,13-14H2,1-5H3,(H2,24,26,34)(H2,25,27,35)/t17-/m0/s1. The van der Waals surface area contributed by atoms with Crippen LogP contribution in [0, 0.1) is 0 Å². The third kappa shape index (κ3) is 8.86. The van der Waals surface area contributed by atoms with Crippen molar-refractivity contribution in [3.8, 4) is 0 Å². The van der Waals surface area contributed by atoms with Gasteiger partial charge in [-0.25, -0.2) is 25.4 Å². The molecule has 0 aromatic heterocycles. The number of anilines is 2. The topological polar surface area (TPSA) is 123 Å². The van der Waals surface area contributed by atoms with Crippen molar-refractivity contribution in [3.63, 3.8) is 0 Å². The lowest BCUT2D eigenvalue weighted by Gasteiger charge is -2.21. The number of benzene rings is 2. The van der Waals surface area contributed by atoms with Gasteiger partial charge in [-0.2, -0.15) is 0 Å². The molecule has 0 saturated carbocycles. The fourth-order valence-electron chi connectivity index (χ4n) is 3.16. The van der Waals surface area contributed by atoms with Crippen molar-refractivity contribution in [1.29, 1.82) is 0 Å². The molecule has 0 spiro atoms. The minimum absolute atomic E-state index is 0.0394. The smallest absolute Gasteiger partial charge is 0.242 e. The molecule has 10 nitrogen and oxygen atoms in total. The minimum Gasteiger partial charge on any atom is -0.362 e. The summed E-state index contributed by atoms with van der Waals surface area (Å²) in [5.74, 6) is 0. The normalized spacial score (nSPS) is 12.7. The van der Waals surface area contributed by atoms with Crippen molar-refractivity contribution in [2.75, 3.05) is 45.4 Å². The first kappa shape index (κ1) is 30.9. The molecular formula is C23H34N6O4S4. The van der Waals surface area contributed by atoms with Gasteiger partial charge in [0.1, 0.15) is 0 Å². The molecule has 0 unspecified atom stereocenters. The molecule has 37 heavy (non-hydrogen) atoms. The van der Waals surface area contributed by atoms with E-state index in [9.17, 15) is 16.8 Å². The number of hydrogen-bond acceptors (Lipinski definition) is 6. The van der Waals surface area contributed by atoms with E-state index in [0.29, 0.717) is 34.6 Å². The summed E-state index contributed by atoms with van der Waals surface area (Å²) in [5, 5.41) is 13.2. The van der Waals surface area contributed by atoms with Crippen LogP contribution in [-0.2, 0) is 20.0 Å². The van der Waals surface area contributed by atoms with Gasteiger partial charge < -0.3 is 21.3 Å². The summed E-state index contributed by atoms with van der Waals surface area (Å²) in [6.07, 6.45) is 1.49. The average molecular weight is 587 g/mol. The molecule has 2 rings (SSSR count). The van der Waals surface area contributed by atoms with Crippen LogP contribution < -0.4 is 21.3 Å². The van der Waals surface area contributed by atoms with Gasteiger partial charge in [-0.3, -0.25) is 0 Å². The zero-order valence-corrected chi connectivity index (χ0v) is 24.7. The Balaban J connectivity index is 1.88. The highest BCUT2D eigenvalue weighted by Crippen LogP contribution is 2.19. The molecule has 0 aliphatic heterocycles. The number of sulfonamides is 2. The maximum absolute atomic E-state index is 12.4. The van der Waals surface area contributed by atoms with Gasteiger partial charge in [0.15, 0.2) is 10.2 Å². The third-order valence-corrected chi connectivity index (χ3v) is 9.44. The summed E-state index contributed by atoms with van der Waals surface area (Å²) in [7, 11) is -1.17. The van der Waals surface area contributed by atoms with E-state index in [1.165, 1.54) is 52.5 Å². The third-order valence-electron chi connectivity index (χ3n) is 5.35. The molecule has 0 amide bonds. The molecular weight excluding hydrogens is 553 g/mol. The number of thiocarbonyl (C=S) groups is 2. The van der Waals surface area contributed by atoms with Crippen LogP contribution >= 0.6 is 24.4 Å². The molecule has 0 radical (unpaired) electrons. The first-order valence-electron chi connectivity index (χ1n) is 11.4. The Hall–Kier alpha value is -2.36. The van der Waals surface area contributed by atoms with E-state index in [-0.39, 0.29) is 15.8 Å². The van der Waals surface area contributed by atoms with E-state index in [1.807, 2.05) is 6.92 Å². The van der Waals surface area contributed by atoms with Crippen molar-refractivity contribution in [2.24, 2.45) is 0 Å². The van der Waals surface area contributed by atoms with Crippen molar-refractivity contribution >= 4 is 66.1 Å². The lowest BCUT2D eigenvalue weighted by molar-refractivity contribution is 0.520. The molecule has 4 N–H and O–H groups in total. The van der Waals surface area contributed by atoms with Gasteiger partial charge >= 0.3 is 0 Å². The van der Waals surface area contributed by atoms with Gasteiger partial charge in [-0.15, -0.1) is 0 Å². The molecule has 0 heterocycles. The highest BCUT2D eigenvalue weighted by atomic mass is 32.2. The molecule has 2 aromatic rings. The van der Waals surface area contributed by atoms with Crippen LogP contribution in [0.5, 0.6) is 0 Å². The van der Waals surface area contributed by atoms with E-state index >= 15 is 0 Å². The number of rotatable bonds is 11. The zero-order valence-electron chi connectivity index (χ0n) is 21.5. The van der Waals surface area contributed by atoms with Crippen LogP contribution in [0.25, 0.3) is 0 Å². The summed E-state index contributed by atoms with van der Waals surface area (Å²) in [4.78, 5) is 0.346. The van der Waals surface area contributed by atoms with E-state index < -0.39 is 20.0 Å². The van der Waals surface area contributed by atoms with E-state index in [2.05, 4.69) is 21.3 Å². The maximum atomic E-state index is 12.4. The van der Waals surface area contributed by atoms with Crippen LogP contribution in [0.3, 0.4) is 0 Å². The molecule has 0 bridgehead atoms. The second-order valence-corrected chi connectivity index (χ2v) is 13.6. The van der Waals surface area contributed by atoms with Crippen LogP contribution in [-0.4, -0.2) is 76.4 Å². The summed E-state index contributed by atoms with van der Waals surface area (Å²) in [6, 6.07) is 13.0. The highest BCUT2D eigenvalue weighted by Gasteiger charge is 2.18. The maximum Gasteiger partial charge on any atom is 0.242 e. The summed E-state index contributed by atoms with van der Waals surface area (Å²) in [6.45, 7) is 2.57.